The third-order valence-electron chi connectivity index (χ3n) is 4.58. The molecule has 0 aromatic heterocycles. The van der Waals surface area contributed by atoms with E-state index in [4.69, 9.17) is 0 Å². The van der Waals surface area contributed by atoms with Crippen LogP contribution in [0, 0.1) is 0 Å². The van der Waals surface area contributed by atoms with Gasteiger partial charge in [-0.3, -0.25) is 25.2 Å². The van der Waals surface area contributed by atoms with Crippen LogP contribution in [0.25, 0.3) is 0 Å². The van der Waals surface area contributed by atoms with Crippen molar-refractivity contribution in [1.29, 1.82) is 0 Å². The molecule has 2 amide bonds. The molecule has 0 fully saturated rings. The van der Waals surface area contributed by atoms with Crippen LogP contribution >= 0.6 is 0 Å². The van der Waals surface area contributed by atoms with Gasteiger partial charge in [0, 0.05) is 23.2 Å². The lowest BCUT2D eigenvalue weighted by Gasteiger charge is -2.09. The molecule has 0 bridgehead atoms. The third kappa shape index (κ3) is 5.87. The van der Waals surface area contributed by atoms with Gasteiger partial charge >= 0.3 is 0 Å². The number of nitrogens with one attached hydrogen (secondary N) is 3. The molecule has 0 atom stereocenters. The summed E-state index contributed by atoms with van der Waals surface area (Å²) >= 11 is 0. The van der Waals surface area contributed by atoms with Crippen LogP contribution in [0.15, 0.2) is 83.8 Å². The Morgan fingerprint density at radius 3 is 1.72 bits per heavy atom. The van der Waals surface area contributed by atoms with E-state index in [1.165, 1.54) is 43.3 Å². The van der Waals surface area contributed by atoms with Gasteiger partial charge in [0.15, 0.2) is 5.78 Å². The Morgan fingerprint density at radius 1 is 0.688 bits per heavy atom. The van der Waals surface area contributed by atoms with Crippen molar-refractivity contribution < 1.29 is 22.8 Å². The van der Waals surface area contributed by atoms with E-state index >= 15 is 0 Å². The minimum atomic E-state index is -3.76. The number of hydrogen-bond donors (Lipinski definition) is 3. The van der Waals surface area contributed by atoms with Crippen molar-refractivity contribution in [3.8, 4) is 0 Å². The Bertz CT molecular complexity index is 1220. The molecule has 0 saturated heterocycles. The maximum absolute atomic E-state index is 12.4. The zero-order valence-corrected chi connectivity index (χ0v) is 18.0. The summed E-state index contributed by atoms with van der Waals surface area (Å²) in [5.41, 5.74) is 6.44. The molecule has 3 aromatic rings. The monoisotopic (exact) mass is 451 g/mol. The normalized spacial score (nSPS) is 10.9. The molecule has 3 rings (SSSR count). The summed E-state index contributed by atoms with van der Waals surface area (Å²) in [6.07, 6.45) is 0. The number of benzene rings is 3. The third-order valence-corrected chi connectivity index (χ3v) is 6.00. The molecule has 0 aliphatic carbocycles. The highest BCUT2D eigenvalue weighted by molar-refractivity contribution is 7.89. The topological polar surface area (TPSA) is 121 Å². The summed E-state index contributed by atoms with van der Waals surface area (Å²) in [6, 6.07) is 20.4. The molecule has 3 aromatic carbocycles. The van der Waals surface area contributed by atoms with Crippen molar-refractivity contribution in [3.05, 3.63) is 101 Å². The van der Waals surface area contributed by atoms with Gasteiger partial charge in [-0.2, -0.15) is 0 Å². The molecule has 0 heterocycles. The molecule has 0 aliphatic rings. The maximum Gasteiger partial charge on any atom is 0.269 e. The number of carbonyl (C=O) groups excluding carboxylic acids is 3. The fourth-order valence-corrected chi connectivity index (χ4v) is 3.77. The van der Waals surface area contributed by atoms with E-state index in [0.717, 1.165) is 0 Å². The van der Waals surface area contributed by atoms with E-state index in [9.17, 15) is 22.8 Å². The maximum atomic E-state index is 12.4. The average Bonchev–Trinajstić information content (AvgIpc) is 2.82. The number of ketones is 1. The number of hydrazine groups is 1. The molecule has 0 unspecified atom stereocenters. The number of carbonyl (C=O) groups is 3. The van der Waals surface area contributed by atoms with Crippen LogP contribution in [-0.2, 0) is 16.6 Å². The summed E-state index contributed by atoms with van der Waals surface area (Å²) in [5.74, 6) is -1.10. The van der Waals surface area contributed by atoms with Crippen molar-refractivity contribution in [3.63, 3.8) is 0 Å². The number of sulfonamides is 1. The Morgan fingerprint density at radius 2 is 1.19 bits per heavy atom. The second-order valence-corrected chi connectivity index (χ2v) is 8.64. The zero-order valence-electron chi connectivity index (χ0n) is 17.2. The average molecular weight is 452 g/mol. The molecule has 0 radical (unpaired) electrons. The van der Waals surface area contributed by atoms with Gasteiger partial charge in [-0.25, -0.2) is 13.1 Å². The predicted octanol–water partition coefficient (Wildman–Crippen LogP) is 2.44. The lowest BCUT2D eigenvalue weighted by atomic mass is 10.1. The van der Waals surface area contributed by atoms with Crippen LogP contribution in [0.1, 0.15) is 43.6 Å². The second-order valence-electron chi connectivity index (χ2n) is 6.88. The minimum absolute atomic E-state index is 0.0173. The first-order valence-corrected chi connectivity index (χ1v) is 11.1. The van der Waals surface area contributed by atoms with Gasteiger partial charge in [0.25, 0.3) is 11.8 Å². The first-order chi connectivity index (χ1) is 15.3. The molecule has 8 nitrogen and oxygen atoms in total. The molecular formula is C23H21N3O5S. The van der Waals surface area contributed by atoms with Gasteiger partial charge in [-0.1, -0.05) is 42.5 Å². The molecular weight excluding hydrogens is 430 g/mol. The Balaban J connectivity index is 1.55. The molecule has 164 valence electrons. The Hall–Kier alpha value is -3.82. The van der Waals surface area contributed by atoms with E-state index in [-0.39, 0.29) is 17.2 Å². The number of hydrogen-bond acceptors (Lipinski definition) is 5. The number of rotatable bonds is 7. The van der Waals surface area contributed by atoms with Crippen molar-refractivity contribution in [2.24, 2.45) is 0 Å². The first kappa shape index (κ1) is 22.9. The van der Waals surface area contributed by atoms with Crippen molar-refractivity contribution >= 4 is 27.6 Å². The van der Waals surface area contributed by atoms with Crippen LogP contribution in [0.4, 0.5) is 0 Å². The quantitative estimate of drug-likeness (QED) is 0.376. The van der Waals surface area contributed by atoms with Crippen LogP contribution in [-0.4, -0.2) is 26.0 Å². The highest BCUT2D eigenvalue weighted by atomic mass is 32.2. The molecule has 0 spiro atoms. The van der Waals surface area contributed by atoms with Crippen LogP contribution in [0.3, 0.4) is 0 Å². The number of amides is 2. The highest BCUT2D eigenvalue weighted by Gasteiger charge is 2.14. The van der Waals surface area contributed by atoms with E-state index in [2.05, 4.69) is 15.6 Å². The molecule has 32 heavy (non-hydrogen) atoms. The highest BCUT2D eigenvalue weighted by Crippen LogP contribution is 2.12. The summed E-state index contributed by atoms with van der Waals surface area (Å²) in [7, 11) is -3.76. The van der Waals surface area contributed by atoms with E-state index in [0.29, 0.717) is 22.3 Å². The van der Waals surface area contributed by atoms with Gasteiger partial charge in [0.1, 0.15) is 0 Å². The summed E-state index contributed by atoms with van der Waals surface area (Å²) in [4.78, 5) is 35.5. The Labute approximate surface area is 185 Å². The number of Topliss-reactive ketones (excluding diaryl/α,β-unsaturated/α-hetero) is 1. The van der Waals surface area contributed by atoms with Crippen molar-refractivity contribution in [2.45, 2.75) is 18.4 Å². The van der Waals surface area contributed by atoms with Gasteiger partial charge in [0.05, 0.1) is 4.90 Å². The van der Waals surface area contributed by atoms with Gasteiger partial charge in [0.2, 0.25) is 10.0 Å². The molecule has 3 N–H and O–H groups in total. The van der Waals surface area contributed by atoms with Crippen LogP contribution in [0.2, 0.25) is 0 Å². The Kier molecular flexibility index (Phi) is 7.14. The lowest BCUT2D eigenvalue weighted by molar-refractivity contribution is 0.0846. The summed E-state index contributed by atoms with van der Waals surface area (Å²) in [6.45, 7) is 1.42. The van der Waals surface area contributed by atoms with Crippen LogP contribution in [0.5, 0.6) is 0 Å². The van der Waals surface area contributed by atoms with Crippen molar-refractivity contribution in [2.75, 3.05) is 0 Å². The van der Waals surface area contributed by atoms with E-state index in [1.807, 2.05) is 0 Å². The largest absolute Gasteiger partial charge is 0.295 e. The van der Waals surface area contributed by atoms with Gasteiger partial charge in [-0.05, 0) is 48.9 Å². The molecule has 0 aliphatic heterocycles. The molecule has 9 heteroatoms. The van der Waals surface area contributed by atoms with Gasteiger partial charge in [-0.15, -0.1) is 0 Å². The first-order valence-electron chi connectivity index (χ1n) is 9.61. The molecule has 0 saturated carbocycles. The fraction of sp³-hybridized carbons (Fsp3) is 0.0870. The van der Waals surface area contributed by atoms with Crippen LogP contribution < -0.4 is 15.6 Å². The predicted molar refractivity (Wildman–Crippen MR) is 118 cm³/mol. The second kappa shape index (κ2) is 9.99. The lowest BCUT2D eigenvalue weighted by Crippen LogP contribution is -2.41. The van der Waals surface area contributed by atoms with Gasteiger partial charge < -0.3 is 0 Å². The van der Waals surface area contributed by atoms with E-state index < -0.39 is 21.8 Å². The smallest absolute Gasteiger partial charge is 0.269 e. The fourth-order valence-electron chi connectivity index (χ4n) is 2.75. The van der Waals surface area contributed by atoms with E-state index in [1.54, 1.807) is 42.5 Å². The zero-order chi connectivity index (χ0) is 23.1. The standard InChI is InChI=1S/C23H21N3O5S/c1-16(27)18-11-13-21(14-12-18)32(30,31)24-15-17-7-9-20(10-8-17)23(29)26-25-22(28)19-5-3-2-4-6-19/h2-14,24H,15H2,1H3,(H,25,28)(H,26,29). The summed E-state index contributed by atoms with van der Waals surface area (Å²) < 4.78 is 27.3. The summed E-state index contributed by atoms with van der Waals surface area (Å²) in [5, 5.41) is 0. The van der Waals surface area contributed by atoms with Crippen molar-refractivity contribution in [1.82, 2.24) is 15.6 Å². The minimum Gasteiger partial charge on any atom is -0.295 e. The SMILES string of the molecule is CC(=O)c1ccc(S(=O)(=O)NCc2ccc(C(=O)NNC(=O)c3ccccc3)cc2)cc1.